The fourth-order valence-corrected chi connectivity index (χ4v) is 1.33. The summed E-state index contributed by atoms with van der Waals surface area (Å²) in [4.78, 5) is 7.96. The first-order chi connectivity index (χ1) is 7.66. The van der Waals surface area contributed by atoms with Gasteiger partial charge in [-0.25, -0.2) is 14.4 Å². The highest BCUT2D eigenvalue weighted by atomic mass is 19.1. The van der Waals surface area contributed by atoms with Crippen LogP contribution in [0.25, 0.3) is 0 Å². The molecular weight excluding hydrogens is 209 g/mol. The smallest absolute Gasteiger partial charge is 0.216 e. The van der Waals surface area contributed by atoms with Crippen LogP contribution in [0, 0.1) is 12.7 Å². The summed E-state index contributed by atoms with van der Waals surface area (Å²) in [6, 6.07) is 2.67. The van der Waals surface area contributed by atoms with Crippen molar-refractivity contribution in [1.82, 2.24) is 9.97 Å². The molecule has 0 aromatic carbocycles. The zero-order valence-electron chi connectivity index (χ0n) is 9.07. The predicted octanol–water partition coefficient (Wildman–Crippen LogP) is 2.69. The van der Waals surface area contributed by atoms with Crippen molar-refractivity contribution in [2.24, 2.45) is 0 Å². The van der Waals surface area contributed by atoms with Crippen LogP contribution in [0.2, 0.25) is 0 Å². The van der Waals surface area contributed by atoms with E-state index in [-0.39, 0.29) is 11.9 Å². The number of nitrogens with one attached hydrogen (secondary N) is 1. The second kappa shape index (κ2) is 4.30. The molecule has 1 atom stereocenters. The van der Waals surface area contributed by atoms with Gasteiger partial charge in [-0.2, -0.15) is 0 Å². The van der Waals surface area contributed by atoms with E-state index in [9.17, 15) is 4.39 Å². The Balaban J connectivity index is 2.13. The van der Waals surface area contributed by atoms with E-state index in [0.717, 1.165) is 5.76 Å². The fraction of sp³-hybridized carbons (Fsp3) is 0.273. The van der Waals surface area contributed by atoms with E-state index >= 15 is 0 Å². The summed E-state index contributed by atoms with van der Waals surface area (Å²) in [6.45, 7) is 3.64. The number of aromatic nitrogens is 2. The fourth-order valence-electron chi connectivity index (χ4n) is 1.33. The quantitative estimate of drug-likeness (QED) is 0.865. The Labute approximate surface area is 92.5 Å². The second-order valence-electron chi connectivity index (χ2n) is 3.51. The van der Waals surface area contributed by atoms with E-state index in [2.05, 4.69) is 15.3 Å². The van der Waals surface area contributed by atoms with Crippen molar-refractivity contribution in [3.05, 3.63) is 42.0 Å². The van der Waals surface area contributed by atoms with Crippen molar-refractivity contribution in [3.8, 4) is 0 Å². The van der Waals surface area contributed by atoms with Gasteiger partial charge < -0.3 is 9.73 Å². The first kappa shape index (κ1) is 10.6. The number of hydrogen-bond donors (Lipinski definition) is 1. The van der Waals surface area contributed by atoms with Crippen molar-refractivity contribution in [2.45, 2.75) is 19.9 Å². The van der Waals surface area contributed by atoms with Gasteiger partial charge >= 0.3 is 0 Å². The average Bonchev–Trinajstić information content (AvgIpc) is 2.68. The molecule has 0 aliphatic carbocycles. The summed E-state index contributed by atoms with van der Waals surface area (Å²) in [7, 11) is 0. The van der Waals surface area contributed by atoms with Crippen LogP contribution in [-0.4, -0.2) is 9.97 Å². The summed E-state index contributed by atoms with van der Waals surface area (Å²) in [5.74, 6) is 1.05. The Morgan fingerprint density at radius 1 is 1.44 bits per heavy atom. The normalized spacial score (nSPS) is 12.4. The van der Waals surface area contributed by atoms with E-state index in [1.54, 1.807) is 12.3 Å². The Bertz CT molecular complexity index is 484. The van der Waals surface area contributed by atoms with Crippen molar-refractivity contribution >= 4 is 5.82 Å². The molecule has 0 spiro atoms. The highest BCUT2D eigenvalue weighted by molar-refractivity contribution is 5.37. The van der Waals surface area contributed by atoms with Gasteiger partial charge in [0.15, 0.2) is 11.6 Å². The molecule has 0 amide bonds. The first-order valence-electron chi connectivity index (χ1n) is 4.96. The topological polar surface area (TPSA) is 51.0 Å². The predicted molar refractivity (Wildman–Crippen MR) is 57.5 cm³/mol. The van der Waals surface area contributed by atoms with Crippen molar-refractivity contribution in [2.75, 3.05) is 5.32 Å². The molecular formula is C11H12FN3O. The van der Waals surface area contributed by atoms with E-state index in [0.29, 0.717) is 5.89 Å². The molecule has 0 saturated carbocycles. The Kier molecular flexibility index (Phi) is 2.85. The highest BCUT2D eigenvalue weighted by Crippen LogP contribution is 2.18. The van der Waals surface area contributed by atoms with Gasteiger partial charge in [-0.1, -0.05) is 0 Å². The number of anilines is 1. The SMILES string of the molecule is Cc1cnc(C(C)Nc2ncccc2F)o1. The van der Waals surface area contributed by atoms with Crippen LogP contribution in [-0.2, 0) is 0 Å². The zero-order chi connectivity index (χ0) is 11.5. The number of rotatable bonds is 3. The molecule has 1 N–H and O–H groups in total. The van der Waals surface area contributed by atoms with Gasteiger partial charge in [0.2, 0.25) is 5.89 Å². The molecule has 4 nitrogen and oxygen atoms in total. The van der Waals surface area contributed by atoms with Crippen LogP contribution in [0.4, 0.5) is 10.2 Å². The van der Waals surface area contributed by atoms with E-state index < -0.39 is 5.82 Å². The minimum Gasteiger partial charge on any atom is -0.444 e. The summed E-state index contributed by atoms with van der Waals surface area (Å²) >= 11 is 0. The molecule has 2 aromatic heterocycles. The lowest BCUT2D eigenvalue weighted by molar-refractivity contribution is 0.452. The molecule has 84 valence electrons. The molecule has 0 fully saturated rings. The van der Waals surface area contributed by atoms with Gasteiger partial charge in [0, 0.05) is 6.20 Å². The molecule has 2 heterocycles. The van der Waals surface area contributed by atoms with Crippen molar-refractivity contribution in [3.63, 3.8) is 0 Å². The maximum atomic E-state index is 13.3. The third-order valence-electron chi connectivity index (χ3n) is 2.12. The van der Waals surface area contributed by atoms with Crippen molar-refractivity contribution < 1.29 is 8.81 Å². The molecule has 2 aromatic rings. The number of hydrogen-bond acceptors (Lipinski definition) is 4. The minimum atomic E-state index is -0.391. The second-order valence-corrected chi connectivity index (χ2v) is 3.51. The van der Waals surface area contributed by atoms with E-state index in [4.69, 9.17) is 4.42 Å². The van der Waals surface area contributed by atoms with E-state index in [1.807, 2.05) is 13.8 Å². The molecule has 0 aliphatic heterocycles. The van der Waals surface area contributed by atoms with Gasteiger partial charge in [-0.05, 0) is 26.0 Å². The largest absolute Gasteiger partial charge is 0.444 e. The molecule has 1 unspecified atom stereocenters. The number of halogens is 1. The van der Waals surface area contributed by atoms with Gasteiger partial charge in [-0.15, -0.1) is 0 Å². The summed E-state index contributed by atoms with van der Waals surface area (Å²) in [6.07, 6.45) is 3.15. The van der Waals surface area contributed by atoms with Crippen LogP contribution in [0.15, 0.2) is 28.9 Å². The van der Waals surface area contributed by atoms with Crippen LogP contribution in [0.3, 0.4) is 0 Å². The standard InChI is InChI=1S/C11H12FN3O/c1-7-6-14-11(16-7)8(2)15-10-9(12)4-3-5-13-10/h3-6,8H,1-2H3,(H,13,15). The lowest BCUT2D eigenvalue weighted by Crippen LogP contribution is -2.09. The molecule has 0 radical (unpaired) electrons. The number of oxazole rings is 1. The molecule has 2 rings (SSSR count). The Morgan fingerprint density at radius 2 is 2.25 bits per heavy atom. The molecule has 0 saturated heterocycles. The maximum Gasteiger partial charge on any atom is 0.216 e. The third-order valence-corrected chi connectivity index (χ3v) is 2.12. The summed E-state index contributed by atoms with van der Waals surface area (Å²) < 4.78 is 18.6. The zero-order valence-corrected chi connectivity index (χ0v) is 9.07. The molecule has 0 bridgehead atoms. The minimum absolute atomic E-state index is 0.200. The Morgan fingerprint density at radius 3 is 2.88 bits per heavy atom. The van der Waals surface area contributed by atoms with Gasteiger partial charge in [0.05, 0.1) is 6.20 Å². The monoisotopic (exact) mass is 221 g/mol. The number of nitrogens with zero attached hydrogens (tertiary/aromatic N) is 2. The molecule has 16 heavy (non-hydrogen) atoms. The summed E-state index contributed by atoms with van der Waals surface area (Å²) in [5.41, 5.74) is 0. The third kappa shape index (κ3) is 2.18. The maximum absolute atomic E-state index is 13.3. The summed E-state index contributed by atoms with van der Waals surface area (Å²) in [5, 5.41) is 2.90. The highest BCUT2D eigenvalue weighted by Gasteiger charge is 2.13. The average molecular weight is 221 g/mol. The van der Waals surface area contributed by atoms with Crippen LogP contribution >= 0.6 is 0 Å². The van der Waals surface area contributed by atoms with Crippen LogP contribution < -0.4 is 5.32 Å². The first-order valence-corrected chi connectivity index (χ1v) is 4.96. The molecule has 5 heteroatoms. The number of aryl methyl sites for hydroxylation is 1. The van der Waals surface area contributed by atoms with Gasteiger partial charge in [0.25, 0.3) is 0 Å². The van der Waals surface area contributed by atoms with Crippen molar-refractivity contribution in [1.29, 1.82) is 0 Å². The number of pyridine rings is 1. The van der Waals surface area contributed by atoms with Crippen LogP contribution in [0.5, 0.6) is 0 Å². The Hall–Kier alpha value is -1.91. The lowest BCUT2D eigenvalue weighted by atomic mass is 10.3. The van der Waals surface area contributed by atoms with Crippen LogP contribution in [0.1, 0.15) is 24.6 Å². The lowest BCUT2D eigenvalue weighted by Gasteiger charge is -2.11. The van der Waals surface area contributed by atoms with Gasteiger partial charge in [-0.3, -0.25) is 0 Å². The molecule has 0 aliphatic rings. The van der Waals surface area contributed by atoms with Gasteiger partial charge in [0.1, 0.15) is 11.8 Å². The van der Waals surface area contributed by atoms with E-state index in [1.165, 1.54) is 12.3 Å².